The predicted octanol–water partition coefficient (Wildman–Crippen LogP) is 2.34. The summed E-state index contributed by atoms with van der Waals surface area (Å²) < 4.78 is 11.4. The molecule has 23 heavy (non-hydrogen) atoms. The molecule has 1 aliphatic heterocycles. The molecule has 6 heteroatoms. The predicted molar refractivity (Wildman–Crippen MR) is 87.3 cm³/mol. The van der Waals surface area contributed by atoms with Crippen molar-refractivity contribution < 1.29 is 9.47 Å². The van der Waals surface area contributed by atoms with E-state index in [0.29, 0.717) is 13.2 Å². The Bertz CT molecular complexity index is 629. The van der Waals surface area contributed by atoms with Gasteiger partial charge in [0.1, 0.15) is 17.7 Å². The smallest absolute Gasteiger partial charge is 0.180 e. The standard InChI is InChI=1S/C17H24N4O2/c1-3-16-18-17(20-19-16)15-12-21(8-9-23-15)11-13-6-5-7-14(10-13)22-4-2/h5-7,10,15H,3-4,8-9,11-12H2,1-2H3,(H,18,19,20)/t15-/m0/s1. The summed E-state index contributed by atoms with van der Waals surface area (Å²) >= 11 is 0. The van der Waals surface area contributed by atoms with Crippen molar-refractivity contribution in [3.05, 3.63) is 41.5 Å². The van der Waals surface area contributed by atoms with Crippen molar-refractivity contribution in [3.63, 3.8) is 0 Å². The number of hydrogen-bond acceptors (Lipinski definition) is 5. The number of morpholine rings is 1. The summed E-state index contributed by atoms with van der Waals surface area (Å²) in [6.45, 7) is 8.05. The van der Waals surface area contributed by atoms with E-state index >= 15 is 0 Å². The van der Waals surface area contributed by atoms with E-state index in [2.05, 4.69) is 39.1 Å². The SMILES string of the molecule is CCOc1cccc(CN2CCO[C@H](c3n[nH]c(CC)n3)C2)c1. The molecule has 124 valence electrons. The summed E-state index contributed by atoms with van der Waals surface area (Å²) in [5.41, 5.74) is 1.25. The summed E-state index contributed by atoms with van der Waals surface area (Å²) in [6, 6.07) is 8.28. The molecule has 3 rings (SSSR count). The maximum Gasteiger partial charge on any atom is 0.180 e. The number of ether oxygens (including phenoxy) is 2. The molecular formula is C17H24N4O2. The van der Waals surface area contributed by atoms with Crippen LogP contribution in [0.1, 0.15) is 37.2 Å². The van der Waals surface area contributed by atoms with Crippen LogP contribution in [0.2, 0.25) is 0 Å². The Kier molecular flexibility index (Phi) is 5.25. The summed E-state index contributed by atoms with van der Waals surface area (Å²) in [5, 5.41) is 7.25. The first-order valence-corrected chi connectivity index (χ1v) is 8.25. The maximum atomic E-state index is 5.84. The normalized spacial score (nSPS) is 19.0. The molecule has 0 bridgehead atoms. The Morgan fingerprint density at radius 3 is 3.09 bits per heavy atom. The fourth-order valence-corrected chi connectivity index (χ4v) is 2.77. The summed E-state index contributed by atoms with van der Waals surface area (Å²) in [5.74, 6) is 2.59. The minimum atomic E-state index is -0.0598. The highest BCUT2D eigenvalue weighted by atomic mass is 16.5. The van der Waals surface area contributed by atoms with Crippen LogP contribution in [0.5, 0.6) is 5.75 Å². The average Bonchev–Trinajstić information content (AvgIpc) is 3.05. The van der Waals surface area contributed by atoms with Gasteiger partial charge in [0.15, 0.2) is 5.82 Å². The Morgan fingerprint density at radius 2 is 2.30 bits per heavy atom. The average molecular weight is 316 g/mol. The number of benzene rings is 1. The first-order chi connectivity index (χ1) is 11.3. The van der Waals surface area contributed by atoms with Gasteiger partial charge in [0.2, 0.25) is 0 Å². The molecule has 1 saturated heterocycles. The Labute approximate surface area is 136 Å². The van der Waals surface area contributed by atoms with Crippen LogP contribution >= 0.6 is 0 Å². The van der Waals surface area contributed by atoms with E-state index in [1.807, 2.05) is 19.1 Å². The van der Waals surface area contributed by atoms with Gasteiger partial charge in [0.25, 0.3) is 0 Å². The van der Waals surface area contributed by atoms with Gasteiger partial charge < -0.3 is 9.47 Å². The molecule has 1 N–H and O–H groups in total. The zero-order chi connectivity index (χ0) is 16.1. The zero-order valence-electron chi connectivity index (χ0n) is 13.8. The highest BCUT2D eigenvalue weighted by molar-refractivity contribution is 5.28. The summed E-state index contributed by atoms with van der Waals surface area (Å²) in [7, 11) is 0. The summed E-state index contributed by atoms with van der Waals surface area (Å²) in [6.07, 6.45) is 0.795. The van der Waals surface area contributed by atoms with Crippen molar-refractivity contribution >= 4 is 0 Å². The van der Waals surface area contributed by atoms with Crippen molar-refractivity contribution in [2.24, 2.45) is 0 Å². The molecule has 1 fully saturated rings. The Balaban J connectivity index is 1.63. The number of aromatic amines is 1. The second-order valence-corrected chi connectivity index (χ2v) is 5.67. The lowest BCUT2D eigenvalue weighted by molar-refractivity contribution is -0.0370. The molecule has 1 aromatic heterocycles. The molecule has 0 saturated carbocycles. The molecule has 0 spiro atoms. The van der Waals surface area contributed by atoms with Crippen molar-refractivity contribution in [2.75, 3.05) is 26.3 Å². The Morgan fingerprint density at radius 1 is 1.39 bits per heavy atom. The van der Waals surface area contributed by atoms with Crippen molar-refractivity contribution in [1.82, 2.24) is 20.1 Å². The molecule has 1 atom stereocenters. The highest BCUT2D eigenvalue weighted by Gasteiger charge is 2.25. The molecule has 1 aromatic carbocycles. The lowest BCUT2D eigenvalue weighted by Crippen LogP contribution is -2.38. The van der Waals surface area contributed by atoms with Crippen molar-refractivity contribution in [3.8, 4) is 5.75 Å². The van der Waals surface area contributed by atoms with E-state index in [4.69, 9.17) is 9.47 Å². The van der Waals surface area contributed by atoms with Gasteiger partial charge in [-0.05, 0) is 24.6 Å². The maximum absolute atomic E-state index is 5.84. The molecule has 0 amide bonds. The van der Waals surface area contributed by atoms with Crippen LogP contribution in [0.25, 0.3) is 0 Å². The Hall–Kier alpha value is -1.92. The number of nitrogens with zero attached hydrogens (tertiary/aromatic N) is 3. The monoisotopic (exact) mass is 316 g/mol. The largest absolute Gasteiger partial charge is 0.494 e. The van der Waals surface area contributed by atoms with Crippen LogP contribution in [-0.2, 0) is 17.7 Å². The molecule has 0 aliphatic carbocycles. The number of hydrogen-bond donors (Lipinski definition) is 1. The van der Waals surface area contributed by atoms with Gasteiger partial charge in [-0.15, -0.1) is 0 Å². The first-order valence-electron chi connectivity index (χ1n) is 8.25. The number of rotatable bonds is 6. The fourth-order valence-electron chi connectivity index (χ4n) is 2.77. The quantitative estimate of drug-likeness (QED) is 0.886. The third kappa shape index (κ3) is 4.09. The van der Waals surface area contributed by atoms with Gasteiger partial charge >= 0.3 is 0 Å². The molecule has 0 unspecified atom stereocenters. The molecule has 2 heterocycles. The molecule has 2 aromatic rings. The van der Waals surface area contributed by atoms with Gasteiger partial charge in [-0.3, -0.25) is 10.00 Å². The number of nitrogens with one attached hydrogen (secondary N) is 1. The van der Waals surface area contributed by atoms with Crippen LogP contribution in [-0.4, -0.2) is 46.4 Å². The molecule has 6 nitrogen and oxygen atoms in total. The van der Waals surface area contributed by atoms with Crippen LogP contribution < -0.4 is 4.74 Å². The van der Waals surface area contributed by atoms with Gasteiger partial charge in [-0.2, -0.15) is 5.10 Å². The first kappa shape index (κ1) is 16.0. The minimum Gasteiger partial charge on any atom is -0.494 e. The van der Waals surface area contributed by atoms with Crippen LogP contribution in [0, 0.1) is 0 Å². The van der Waals surface area contributed by atoms with Crippen molar-refractivity contribution in [1.29, 1.82) is 0 Å². The lowest BCUT2D eigenvalue weighted by atomic mass is 10.1. The van der Waals surface area contributed by atoms with E-state index in [0.717, 1.165) is 43.5 Å². The number of aryl methyl sites for hydroxylation is 1. The number of aromatic nitrogens is 3. The summed E-state index contributed by atoms with van der Waals surface area (Å²) in [4.78, 5) is 6.87. The van der Waals surface area contributed by atoms with Gasteiger partial charge in [-0.1, -0.05) is 19.1 Å². The van der Waals surface area contributed by atoms with E-state index in [1.54, 1.807) is 0 Å². The van der Waals surface area contributed by atoms with Crippen LogP contribution in [0.3, 0.4) is 0 Å². The molecular weight excluding hydrogens is 292 g/mol. The fraction of sp³-hybridized carbons (Fsp3) is 0.529. The van der Waals surface area contributed by atoms with Crippen molar-refractivity contribution in [2.45, 2.75) is 32.9 Å². The number of H-pyrrole nitrogens is 1. The second kappa shape index (κ2) is 7.57. The van der Waals surface area contributed by atoms with Crippen LogP contribution in [0.15, 0.2) is 24.3 Å². The third-order valence-corrected chi connectivity index (χ3v) is 3.94. The zero-order valence-corrected chi connectivity index (χ0v) is 13.8. The second-order valence-electron chi connectivity index (χ2n) is 5.67. The van der Waals surface area contributed by atoms with Gasteiger partial charge in [0.05, 0.1) is 13.2 Å². The minimum absolute atomic E-state index is 0.0598. The van der Waals surface area contributed by atoms with E-state index in [-0.39, 0.29) is 6.10 Å². The lowest BCUT2D eigenvalue weighted by Gasteiger charge is -2.31. The molecule has 0 radical (unpaired) electrons. The van der Waals surface area contributed by atoms with E-state index in [1.165, 1.54) is 5.56 Å². The van der Waals surface area contributed by atoms with E-state index < -0.39 is 0 Å². The van der Waals surface area contributed by atoms with Gasteiger partial charge in [0, 0.05) is 26.1 Å². The van der Waals surface area contributed by atoms with Crippen LogP contribution in [0.4, 0.5) is 0 Å². The van der Waals surface area contributed by atoms with E-state index in [9.17, 15) is 0 Å². The van der Waals surface area contributed by atoms with Gasteiger partial charge in [-0.25, -0.2) is 4.98 Å². The topological polar surface area (TPSA) is 63.3 Å². The highest BCUT2D eigenvalue weighted by Crippen LogP contribution is 2.22. The molecule has 1 aliphatic rings. The third-order valence-electron chi connectivity index (χ3n) is 3.94.